The van der Waals surface area contributed by atoms with Gasteiger partial charge < -0.3 is 15.2 Å². The van der Waals surface area contributed by atoms with E-state index in [1.54, 1.807) is 18.2 Å². The molecule has 5 heteroatoms. The monoisotopic (exact) mass is 215 g/mol. The maximum absolute atomic E-state index is 10.4. The Balaban J connectivity index is 2.73. The van der Waals surface area contributed by atoms with Gasteiger partial charge in [-0.15, -0.1) is 0 Å². The number of rotatable bonds is 4. The number of primary amides is 1. The number of ether oxygens (including phenoxy) is 2. The lowest BCUT2D eigenvalue weighted by molar-refractivity contribution is -0.119. The summed E-state index contributed by atoms with van der Waals surface area (Å²) in [5.74, 6) is 0.490. The van der Waals surface area contributed by atoms with Crippen molar-refractivity contribution in [2.75, 3.05) is 13.7 Å². The molecule has 1 rings (SSSR count). The molecule has 0 spiro atoms. The highest BCUT2D eigenvalue weighted by Crippen LogP contribution is 2.28. The molecule has 0 heterocycles. The van der Waals surface area contributed by atoms with Crippen molar-refractivity contribution in [2.24, 2.45) is 5.73 Å². The number of hydrogen-bond donors (Lipinski definition) is 1. The van der Waals surface area contributed by atoms with Crippen molar-refractivity contribution in [3.05, 3.63) is 23.2 Å². The van der Waals surface area contributed by atoms with Gasteiger partial charge in [-0.05, 0) is 12.1 Å². The van der Waals surface area contributed by atoms with Crippen LogP contribution in [0.25, 0.3) is 0 Å². The largest absolute Gasteiger partial charge is 0.497 e. The molecule has 1 amide bonds. The van der Waals surface area contributed by atoms with Crippen LogP contribution < -0.4 is 15.2 Å². The average molecular weight is 216 g/mol. The molecule has 76 valence electrons. The molecule has 0 saturated heterocycles. The molecule has 2 N–H and O–H groups in total. The third-order valence-corrected chi connectivity index (χ3v) is 1.80. The number of nitrogens with two attached hydrogens (primary N) is 1. The van der Waals surface area contributed by atoms with E-state index in [-0.39, 0.29) is 6.61 Å². The maximum Gasteiger partial charge on any atom is 0.255 e. The van der Waals surface area contributed by atoms with Crippen molar-refractivity contribution in [1.82, 2.24) is 0 Å². The molecule has 4 nitrogen and oxygen atoms in total. The van der Waals surface area contributed by atoms with Crippen LogP contribution in [-0.4, -0.2) is 19.6 Å². The van der Waals surface area contributed by atoms with Gasteiger partial charge in [0.2, 0.25) is 0 Å². The van der Waals surface area contributed by atoms with Gasteiger partial charge in [-0.2, -0.15) is 0 Å². The molecule has 0 atom stereocenters. The minimum absolute atomic E-state index is 0.188. The topological polar surface area (TPSA) is 61.6 Å². The number of hydrogen-bond acceptors (Lipinski definition) is 3. The SMILES string of the molecule is COc1ccc(OCC(N)=O)c(Cl)c1. The van der Waals surface area contributed by atoms with Crippen molar-refractivity contribution in [3.8, 4) is 11.5 Å². The summed E-state index contributed by atoms with van der Waals surface area (Å²) in [4.78, 5) is 10.4. The van der Waals surface area contributed by atoms with E-state index < -0.39 is 5.91 Å². The normalized spacial score (nSPS) is 9.57. The zero-order chi connectivity index (χ0) is 10.6. The van der Waals surface area contributed by atoms with E-state index in [9.17, 15) is 4.79 Å². The highest BCUT2D eigenvalue weighted by atomic mass is 35.5. The summed E-state index contributed by atoms with van der Waals surface area (Å²) in [5, 5.41) is 0.380. The first kappa shape index (κ1) is 10.7. The molecular formula is C9H10ClNO3. The van der Waals surface area contributed by atoms with Crippen molar-refractivity contribution in [3.63, 3.8) is 0 Å². The van der Waals surface area contributed by atoms with E-state index in [1.807, 2.05) is 0 Å². The Labute approximate surface area is 86.6 Å². The van der Waals surface area contributed by atoms with Crippen LogP contribution in [0, 0.1) is 0 Å². The van der Waals surface area contributed by atoms with Crippen LogP contribution in [0.15, 0.2) is 18.2 Å². The second-order valence-corrected chi connectivity index (χ2v) is 2.96. The molecule has 0 bridgehead atoms. The zero-order valence-electron chi connectivity index (χ0n) is 7.62. The van der Waals surface area contributed by atoms with Crippen LogP contribution in [-0.2, 0) is 4.79 Å². The molecule has 0 aliphatic carbocycles. The lowest BCUT2D eigenvalue weighted by atomic mass is 10.3. The van der Waals surface area contributed by atoms with E-state index in [4.69, 9.17) is 26.8 Å². The maximum atomic E-state index is 10.4. The fourth-order valence-electron chi connectivity index (χ4n) is 0.874. The summed E-state index contributed by atoms with van der Waals surface area (Å²) in [6, 6.07) is 4.89. The Morgan fingerprint density at radius 1 is 1.57 bits per heavy atom. The van der Waals surface area contributed by atoms with Crippen LogP contribution in [0.3, 0.4) is 0 Å². The van der Waals surface area contributed by atoms with E-state index >= 15 is 0 Å². The third-order valence-electron chi connectivity index (χ3n) is 1.51. The van der Waals surface area contributed by atoms with Crippen molar-refractivity contribution in [2.45, 2.75) is 0 Å². The van der Waals surface area contributed by atoms with Gasteiger partial charge in [0.25, 0.3) is 5.91 Å². The highest BCUT2D eigenvalue weighted by Gasteiger charge is 2.04. The molecule has 0 fully saturated rings. The van der Waals surface area contributed by atoms with Crippen LogP contribution >= 0.6 is 11.6 Å². The summed E-state index contributed by atoms with van der Waals surface area (Å²) in [6.07, 6.45) is 0. The second kappa shape index (κ2) is 4.72. The van der Waals surface area contributed by atoms with Gasteiger partial charge in [0.15, 0.2) is 6.61 Å². The van der Waals surface area contributed by atoms with Crippen LogP contribution in [0.1, 0.15) is 0 Å². The molecule has 0 aliphatic heterocycles. The molecule has 0 aliphatic rings. The van der Waals surface area contributed by atoms with E-state index in [0.29, 0.717) is 16.5 Å². The van der Waals surface area contributed by atoms with E-state index in [1.165, 1.54) is 7.11 Å². The highest BCUT2D eigenvalue weighted by molar-refractivity contribution is 6.32. The Morgan fingerprint density at radius 2 is 2.29 bits per heavy atom. The molecule has 0 radical (unpaired) electrons. The molecular weight excluding hydrogens is 206 g/mol. The van der Waals surface area contributed by atoms with E-state index in [0.717, 1.165) is 0 Å². The number of benzene rings is 1. The van der Waals surface area contributed by atoms with Gasteiger partial charge in [0.05, 0.1) is 12.1 Å². The lowest BCUT2D eigenvalue weighted by Gasteiger charge is -2.07. The summed E-state index contributed by atoms with van der Waals surface area (Å²) in [5.41, 5.74) is 4.91. The van der Waals surface area contributed by atoms with Crippen molar-refractivity contribution in [1.29, 1.82) is 0 Å². The molecule has 0 unspecified atom stereocenters. The van der Waals surface area contributed by atoms with Gasteiger partial charge in [0, 0.05) is 6.07 Å². The number of carbonyl (C=O) groups excluding carboxylic acids is 1. The van der Waals surface area contributed by atoms with Gasteiger partial charge >= 0.3 is 0 Å². The summed E-state index contributed by atoms with van der Waals surface area (Å²) >= 11 is 5.83. The number of halogens is 1. The fourth-order valence-corrected chi connectivity index (χ4v) is 1.10. The molecule has 1 aromatic rings. The first-order valence-corrected chi connectivity index (χ1v) is 4.26. The number of carbonyl (C=O) groups is 1. The predicted octanol–water partition coefficient (Wildman–Crippen LogP) is 1.21. The van der Waals surface area contributed by atoms with Crippen LogP contribution in [0.2, 0.25) is 5.02 Å². The van der Waals surface area contributed by atoms with Crippen LogP contribution in [0.5, 0.6) is 11.5 Å². The molecule has 0 aromatic heterocycles. The second-order valence-electron chi connectivity index (χ2n) is 2.55. The predicted molar refractivity (Wildman–Crippen MR) is 52.7 cm³/mol. The van der Waals surface area contributed by atoms with Crippen molar-refractivity contribution >= 4 is 17.5 Å². The molecule has 0 saturated carbocycles. The van der Waals surface area contributed by atoms with Crippen molar-refractivity contribution < 1.29 is 14.3 Å². The first-order valence-electron chi connectivity index (χ1n) is 3.88. The Morgan fingerprint density at radius 3 is 2.79 bits per heavy atom. The van der Waals surface area contributed by atoms with Crippen LogP contribution in [0.4, 0.5) is 0 Å². The van der Waals surface area contributed by atoms with Gasteiger partial charge in [0.1, 0.15) is 11.5 Å². The Kier molecular flexibility index (Phi) is 3.59. The smallest absolute Gasteiger partial charge is 0.255 e. The summed E-state index contributed by atoms with van der Waals surface area (Å²) < 4.78 is 9.98. The molecule has 1 aromatic carbocycles. The van der Waals surface area contributed by atoms with E-state index in [2.05, 4.69) is 0 Å². The van der Waals surface area contributed by atoms with Gasteiger partial charge in [-0.25, -0.2) is 0 Å². The summed E-state index contributed by atoms with van der Waals surface area (Å²) in [7, 11) is 1.54. The Bertz CT molecular complexity index is 341. The number of amides is 1. The third kappa shape index (κ3) is 2.81. The first-order chi connectivity index (χ1) is 6.63. The average Bonchev–Trinajstić information content (AvgIpc) is 2.15. The molecule has 14 heavy (non-hydrogen) atoms. The fraction of sp³-hybridized carbons (Fsp3) is 0.222. The van der Waals surface area contributed by atoms with Gasteiger partial charge in [-0.1, -0.05) is 11.6 Å². The standard InChI is InChI=1S/C9H10ClNO3/c1-13-6-2-3-8(7(10)4-6)14-5-9(11)12/h2-4H,5H2,1H3,(H2,11,12). The van der Waals surface area contributed by atoms with Gasteiger partial charge in [-0.3, -0.25) is 4.79 Å². The Hall–Kier alpha value is -1.42. The zero-order valence-corrected chi connectivity index (χ0v) is 8.38. The number of methoxy groups -OCH3 is 1. The lowest BCUT2D eigenvalue weighted by Crippen LogP contribution is -2.20. The summed E-state index contributed by atoms with van der Waals surface area (Å²) in [6.45, 7) is -0.188. The minimum Gasteiger partial charge on any atom is -0.497 e. The minimum atomic E-state index is -0.545. The quantitative estimate of drug-likeness (QED) is 0.821.